The Bertz CT molecular complexity index is 518. The summed E-state index contributed by atoms with van der Waals surface area (Å²) in [6, 6.07) is 1.82. The van der Waals surface area contributed by atoms with Crippen LogP contribution in [-0.4, -0.2) is 27.0 Å². The van der Waals surface area contributed by atoms with Gasteiger partial charge in [0.25, 0.3) is 5.78 Å². The van der Waals surface area contributed by atoms with Crippen LogP contribution in [0.2, 0.25) is 0 Å². The minimum atomic E-state index is -4.91. The van der Waals surface area contributed by atoms with Gasteiger partial charge in [0.15, 0.2) is 5.69 Å². The van der Waals surface area contributed by atoms with Crippen molar-refractivity contribution in [3.05, 3.63) is 34.3 Å². The Hall–Kier alpha value is -1.70. The summed E-state index contributed by atoms with van der Waals surface area (Å²) in [5, 5.41) is 10.4. The zero-order chi connectivity index (χ0) is 12.5. The van der Waals surface area contributed by atoms with E-state index >= 15 is 0 Å². The zero-order valence-electron chi connectivity index (χ0n) is 8.31. The highest BCUT2D eigenvalue weighted by Gasteiger charge is 2.41. The van der Waals surface area contributed by atoms with E-state index in [1.54, 1.807) is 0 Å². The van der Waals surface area contributed by atoms with E-state index in [0.717, 1.165) is 11.8 Å². The average molecular weight is 261 g/mol. The molecule has 0 saturated carbocycles. The first kappa shape index (κ1) is 11.8. The monoisotopic (exact) mass is 261 g/mol. The highest BCUT2D eigenvalue weighted by atomic mass is 32.1. The standard InChI is InChI=1S/C9H6F3N3OS/c10-9(11,12)8(16)7-4-15(14-13-7)3-6-1-2-17-5-6/h1-2,4-5H,3H2. The molecule has 0 amide bonds. The van der Waals surface area contributed by atoms with Gasteiger partial charge in [0.05, 0.1) is 12.7 Å². The number of thiophene rings is 1. The van der Waals surface area contributed by atoms with Gasteiger partial charge in [-0.15, -0.1) is 5.10 Å². The van der Waals surface area contributed by atoms with E-state index in [4.69, 9.17) is 0 Å². The molecule has 0 fully saturated rings. The van der Waals surface area contributed by atoms with Gasteiger partial charge in [0.2, 0.25) is 0 Å². The van der Waals surface area contributed by atoms with Crippen molar-refractivity contribution in [2.45, 2.75) is 12.7 Å². The van der Waals surface area contributed by atoms with Crippen molar-refractivity contribution in [3.8, 4) is 0 Å². The van der Waals surface area contributed by atoms with Crippen molar-refractivity contribution in [3.63, 3.8) is 0 Å². The van der Waals surface area contributed by atoms with Gasteiger partial charge in [-0.1, -0.05) is 5.21 Å². The van der Waals surface area contributed by atoms with E-state index in [1.165, 1.54) is 16.0 Å². The van der Waals surface area contributed by atoms with E-state index in [9.17, 15) is 18.0 Å². The Morgan fingerprint density at radius 1 is 1.47 bits per heavy atom. The molecule has 0 aliphatic rings. The van der Waals surface area contributed by atoms with Crippen LogP contribution in [0.25, 0.3) is 0 Å². The minimum absolute atomic E-state index is 0.293. The topological polar surface area (TPSA) is 47.8 Å². The summed E-state index contributed by atoms with van der Waals surface area (Å²) in [5.74, 6) is -1.98. The lowest BCUT2D eigenvalue weighted by molar-refractivity contribution is -0.0888. The van der Waals surface area contributed by atoms with E-state index in [1.807, 2.05) is 16.8 Å². The van der Waals surface area contributed by atoms with Crippen LogP contribution in [0.5, 0.6) is 0 Å². The Balaban J connectivity index is 2.14. The third-order valence-electron chi connectivity index (χ3n) is 1.95. The largest absolute Gasteiger partial charge is 0.456 e. The minimum Gasteiger partial charge on any atom is -0.282 e. The van der Waals surface area contributed by atoms with Crippen LogP contribution >= 0.6 is 11.3 Å². The molecule has 0 radical (unpaired) electrons. The van der Waals surface area contributed by atoms with Gasteiger partial charge in [0.1, 0.15) is 0 Å². The van der Waals surface area contributed by atoms with Crippen LogP contribution in [0.15, 0.2) is 23.0 Å². The van der Waals surface area contributed by atoms with Crippen LogP contribution in [0.3, 0.4) is 0 Å². The molecule has 90 valence electrons. The molecule has 8 heteroatoms. The second kappa shape index (κ2) is 4.28. The number of nitrogens with zero attached hydrogens (tertiary/aromatic N) is 3. The van der Waals surface area contributed by atoms with Crippen molar-refractivity contribution in [1.29, 1.82) is 0 Å². The van der Waals surface area contributed by atoms with Crippen LogP contribution in [0, 0.1) is 0 Å². The smallest absolute Gasteiger partial charge is 0.282 e. The van der Waals surface area contributed by atoms with Gasteiger partial charge in [-0.05, 0) is 22.4 Å². The molecule has 0 aromatic carbocycles. The summed E-state index contributed by atoms with van der Waals surface area (Å²) < 4.78 is 37.5. The number of hydrogen-bond acceptors (Lipinski definition) is 4. The first-order valence-corrected chi connectivity index (χ1v) is 5.44. The molecular weight excluding hydrogens is 255 g/mol. The molecular formula is C9H6F3N3OS. The van der Waals surface area contributed by atoms with E-state index in [0.29, 0.717) is 6.54 Å². The quantitative estimate of drug-likeness (QED) is 0.795. The number of aromatic nitrogens is 3. The number of rotatable bonds is 3. The van der Waals surface area contributed by atoms with Crippen LogP contribution < -0.4 is 0 Å². The fourth-order valence-corrected chi connectivity index (χ4v) is 1.85. The van der Waals surface area contributed by atoms with Crippen molar-refractivity contribution < 1.29 is 18.0 Å². The maximum Gasteiger partial charge on any atom is 0.456 e. The van der Waals surface area contributed by atoms with Gasteiger partial charge in [-0.2, -0.15) is 24.5 Å². The molecule has 17 heavy (non-hydrogen) atoms. The van der Waals surface area contributed by atoms with Gasteiger partial charge in [0, 0.05) is 0 Å². The molecule has 0 aliphatic heterocycles. The number of hydrogen-bond donors (Lipinski definition) is 0. The zero-order valence-corrected chi connectivity index (χ0v) is 9.13. The summed E-state index contributed by atoms with van der Waals surface area (Å²) in [6.07, 6.45) is -3.92. The maximum absolute atomic E-state index is 12.1. The van der Waals surface area contributed by atoms with E-state index in [-0.39, 0.29) is 0 Å². The van der Waals surface area contributed by atoms with Crippen molar-refractivity contribution in [2.75, 3.05) is 0 Å². The number of ketones is 1. The Morgan fingerprint density at radius 2 is 2.24 bits per heavy atom. The van der Waals surface area contributed by atoms with Crippen LogP contribution in [-0.2, 0) is 6.54 Å². The van der Waals surface area contributed by atoms with Crippen molar-refractivity contribution in [2.24, 2.45) is 0 Å². The highest BCUT2D eigenvalue weighted by Crippen LogP contribution is 2.20. The number of carbonyl (C=O) groups is 1. The molecule has 0 saturated heterocycles. The molecule has 2 rings (SSSR count). The van der Waals surface area contributed by atoms with Crippen molar-refractivity contribution in [1.82, 2.24) is 15.0 Å². The van der Waals surface area contributed by atoms with Gasteiger partial charge < -0.3 is 0 Å². The fraction of sp³-hybridized carbons (Fsp3) is 0.222. The molecule has 2 heterocycles. The van der Waals surface area contributed by atoms with E-state index < -0.39 is 17.7 Å². The first-order valence-electron chi connectivity index (χ1n) is 4.49. The molecule has 0 aliphatic carbocycles. The normalized spacial score (nSPS) is 11.7. The SMILES string of the molecule is O=C(c1cn(Cc2ccsc2)nn1)C(F)(F)F. The second-order valence-corrected chi connectivity index (χ2v) is 4.04. The average Bonchev–Trinajstić information content (AvgIpc) is 2.87. The summed E-state index contributed by atoms with van der Waals surface area (Å²) in [6.45, 7) is 0.293. The fourth-order valence-electron chi connectivity index (χ4n) is 1.19. The Morgan fingerprint density at radius 3 is 2.82 bits per heavy atom. The molecule has 0 spiro atoms. The van der Waals surface area contributed by atoms with Crippen molar-refractivity contribution >= 4 is 17.1 Å². The highest BCUT2D eigenvalue weighted by molar-refractivity contribution is 7.07. The van der Waals surface area contributed by atoms with Crippen LogP contribution in [0.1, 0.15) is 16.1 Å². The lowest BCUT2D eigenvalue weighted by Crippen LogP contribution is -2.23. The molecule has 2 aromatic rings. The Kier molecular flexibility index (Phi) is 2.97. The van der Waals surface area contributed by atoms with Gasteiger partial charge >= 0.3 is 6.18 Å². The summed E-state index contributed by atoms with van der Waals surface area (Å²) in [5.41, 5.74) is 0.207. The Labute approximate surface area is 97.7 Å². The molecule has 4 nitrogen and oxygen atoms in total. The van der Waals surface area contributed by atoms with E-state index in [2.05, 4.69) is 10.3 Å². The second-order valence-electron chi connectivity index (χ2n) is 3.26. The lowest BCUT2D eigenvalue weighted by atomic mass is 10.3. The summed E-state index contributed by atoms with van der Waals surface area (Å²) >= 11 is 1.47. The number of alkyl halides is 3. The summed E-state index contributed by atoms with van der Waals surface area (Å²) in [7, 11) is 0. The molecule has 0 unspecified atom stereocenters. The summed E-state index contributed by atoms with van der Waals surface area (Å²) in [4.78, 5) is 10.8. The number of carbonyl (C=O) groups excluding carboxylic acids is 1. The molecule has 0 bridgehead atoms. The predicted octanol–water partition coefficient (Wildman–Crippen LogP) is 2.13. The van der Waals surface area contributed by atoms with Gasteiger partial charge in [-0.25, -0.2) is 4.68 Å². The third kappa shape index (κ3) is 2.70. The first-order chi connectivity index (χ1) is 7.97. The number of halogens is 3. The third-order valence-corrected chi connectivity index (χ3v) is 2.69. The molecule has 0 N–H and O–H groups in total. The lowest BCUT2D eigenvalue weighted by Gasteiger charge is -2.00. The maximum atomic E-state index is 12.1. The van der Waals surface area contributed by atoms with Crippen LogP contribution in [0.4, 0.5) is 13.2 Å². The predicted molar refractivity (Wildman–Crippen MR) is 53.8 cm³/mol. The van der Waals surface area contributed by atoms with Gasteiger partial charge in [-0.3, -0.25) is 4.79 Å². The molecule has 0 atom stereocenters. The number of Topliss-reactive ketones (excluding diaryl/α,β-unsaturated/α-hetero) is 1. The molecule has 2 aromatic heterocycles.